The molecular weight excluding hydrogens is 131 g/mol. The van der Waals surface area contributed by atoms with Crippen molar-refractivity contribution in [3.8, 4) is 0 Å². The van der Waals surface area contributed by atoms with Crippen molar-refractivity contribution < 1.29 is 14.3 Å². The fourth-order valence-electron chi connectivity index (χ4n) is 0.208. The Bertz CT molecular complexity index is 76.4. The minimum atomic E-state index is -0.808. The van der Waals surface area contributed by atoms with Crippen LogP contribution in [-0.4, -0.2) is 17.5 Å². The lowest BCUT2D eigenvalue weighted by molar-refractivity contribution is -0.179. The maximum absolute atomic E-state index is 10.8. The van der Waals surface area contributed by atoms with Gasteiger partial charge in [-0.2, -0.15) is 11.8 Å². The molecule has 0 amide bonds. The highest BCUT2D eigenvalue weighted by Gasteiger charge is 1.99. The van der Waals surface area contributed by atoms with Gasteiger partial charge in [-0.05, 0) is 5.75 Å². The number of hydrogen-bond acceptors (Lipinski definition) is 3. The Labute approximate surface area is 51.3 Å². The number of carbonyl (C=O) groups is 1. The monoisotopic (exact) mass is 138 g/mol. The predicted octanol–water partition coefficient (Wildman–Crippen LogP) is 1.17. The van der Waals surface area contributed by atoms with Crippen LogP contribution in [0.15, 0.2) is 0 Å². The highest BCUT2D eigenvalue weighted by Crippen LogP contribution is 1.98. The van der Waals surface area contributed by atoms with E-state index in [9.17, 15) is 9.32 Å². The molecule has 0 aromatic heterocycles. The predicted molar refractivity (Wildman–Crippen MR) is 30.2 cm³/mol. The fourth-order valence-corrected chi connectivity index (χ4v) is 0.623. The molecule has 0 atom stereocenters. The molecule has 0 aromatic carbocycles. The van der Waals surface area contributed by atoms with Crippen LogP contribution in [0.2, 0.25) is 0 Å². The molecule has 0 aromatic rings. The molecule has 8 heavy (non-hydrogen) atoms. The molecule has 0 rings (SSSR count). The fraction of sp³-hybridized carbons (Fsp3) is 0.750. The second-order valence-electron chi connectivity index (χ2n) is 1.09. The molecule has 0 saturated carbocycles. The molecule has 0 aliphatic carbocycles. The lowest BCUT2D eigenvalue weighted by Crippen LogP contribution is -2.00. The lowest BCUT2D eigenvalue weighted by atomic mass is 10.8. The van der Waals surface area contributed by atoms with E-state index >= 15 is 0 Å². The summed E-state index contributed by atoms with van der Waals surface area (Å²) in [6.45, 7) is 1.89. The van der Waals surface area contributed by atoms with Gasteiger partial charge in [0.05, 0.1) is 5.75 Å². The molecule has 48 valence electrons. The minimum absolute atomic E-state index is 0.104. The van der Waals surface area contributed by atoms with Crippen molar-refractivity contribution in [3.63, 3.8) is 0 Å². The van der Waals surface area contributed by atoms with Crippen molar-refractivity contribution in [2.24, 2.45) is 0 Å². The first-order valence-electron chi connectivity index (χ1n) is 2.20. The summed E-state index contributed by atoms with van der Waals surface area (Å²) in [6.07, 6.45) is 0. The van der Waals surface area contributed by atoms with Gasteiger partial charge < -0.3 is 0 Å². The second-order valence-corrected chi connectivity index (χ2v) is 2.36. The summed E-state index contributed by atoms with van der Waals surface area (Å²) in [5, 5.41) is 0. The lowest BCUT2D eigenvalue weighted by Gasteiger charge is -1.89. The quantitative estimate of drug-likeness (QED) is 0.585. The number of hydrogen-bond donors (Lipinski definition) is 0. The molecule has 2 nitrogen and oxygen atoms in total. The van der Waals surface area contributed by atoms with Crippen molar-refractivity contribution in [1.82, 2.24) is 0 Å². The van der Waals surface area contributed by atoms with Crippen LogP contribution < -0.4 is 0 Å². The SMILES string of the molecule is CCSCC(=O)OF. The standard InChI is InChI=1S/C4H7FO2S/c1-2-8-3-4(6)7-5/h2-3H2,1H3. The molecule has 0 aliphatic heterocycles. The zero-order valence-corrected chi connectivity index (χ0v) is 5.33. The summed E-state index contributed by atoms with van der Waals surface area (Å²) in [5.74, 6) is 0.0964. The van der Waals surface area contributed by atoms with Crippen LogP contribution in [0.1, 0.15) is 6.92 Å². The Morgan fingerprint density at radius 1 is 1.88 bits per heavy atom. The summed E-state index contributed by atoms with van der Waals surface area (Å²) in [6, 6.07) is 0. The molecule has 0 fully saturated rings. The third-order valence-electron chi connectivity index (χ3n) is 0.510. The van der Waals surface area contributed by atoms with Gasteiger partial charge >= 0.3 is 5.97 Å². The van der Waals surface area contributed by atoms with Crippen molar-refractivity contribution in [1.29, 1.82) is 0 Å². The maximum Gasteiger partial charge on any atom is 0.358 e. The van der Waals surface area contributed by atoms with Gasteiger partial charge in [-0.25, -0.2) is 4.79 Å². The third kappa shape index (κ3) is 3.92. The Morgan fingerprint density at radius 3 is 2.88 bits per heavy atom. The Balaban J connectivity index is 2.99. The minimum Gasteiger partial charge on any atom is -0.254 e. The highest BCUT2D eigenvalue weighted by molar-refractivity contribution is 7.99. The van der Waals surface area contributed by atoms with Gasteiger partial charge in [-0.3, -0.25) is 4.94 Å². The van der Waals surface area contributed by atoms with Crippen molar-refractivity contribution in [2.75, 3.05) is 11.5 Å². The topological polar surface area (TPSA) is 26.3 Å². The van der Waals surface area contributed by atoms with Crippen LogP contribution in [-0.2, 0) is 9.74 Å². The van der Waals surface area contributed by atoms with E-state index in [-0.39, 0.29) is 5.75 Å². The molecule has 0 aliphatic rings. The van der Waals surface area contributed by atoms with E-state index in [0.29, 0.717) is 0 Å². The molecule has 4 heteroatoms. The Kier molecular flexibility index (Phi) is 4.75. The van der Waals surface area contributed by atoms with Crippen LogP contribution >= 0.6 is 11.8 Å². The first kappa shape index (κ1) is 7.75. The van der Waals surface area contributed by atoms with Crippen molar-refractivity contribution in [2.45, 2.75) is 6.92 Å². The summed E-state index contributed by atoms with van der Waals surface area (Å²) in [7, 11) is 0. The average molecular weight is 138 g/mol. The Hall–Kier alpha value is -0.250. The Morgan fingerprint density at radius 2 is 2.50 bits per heavy atom. The van der Waals surface area contributed by atoms with Crippen LogP contribution in [0.25, 0.3) is 0 Å². The van der Waals surface area contributed by atoms with Crippen LogP contribution in [0.5, 0.6) is 0 Å². The van der Waals surface area contributed by atoms with Gasteiger partial charge in [-0.1, -0.05) is 6.92 Å². The first-order chi connectivity index (χ1) is 3.81. The van der Waals surface area contributed by atoms with Gasteiger partial charge in [0.25, 0.3) is 0 Å². The van der Waals surface area contributed by atoms with E-state index in [1.54, 1.807) is 0 Å². The molecular formula is C4H7FO2S. The molecule has 0 saturated heterocycles. The number of halogens is 1. The van der Waals surface area contributed by atoms with Gasteiger partial charge in [0.1, 0.15) is 0 Å². The molecule has 0 radical (unpaired) electrons. The van der Waals surface area contributed by atoms with E-state index in [1.807, 2.05) is 6.92 Å². The van der Waals surface area contributed by atoms with Crippen LogP contribution in [0.4, 0.5) is 4.53 Å². The van der Waals surface area contributed by atoms with Gasteiger partial charge in [-0.15, -0.1) is 0 Å². The van der Waals surface area contributed by atoms with Gasteiger partial charge in [0.2, 0.25) is 0 Å². The largest absolute Gasteiger partial charge is 0.358 e. The summed E-state index contributed by atoms with van der Waals surface area (Å²) >= 11 is 1.33. The van der Waals surface area contributed by atoms with E-state index < -0.39 is 5.97 Å². The van der Waals surface area contributed by atoms with Crippen LogP contribution in [0, 0.1) is 0 Å². The van der Waals surface area contributed by atoms with Gasteiger partial charge in [0.15, 0.2) is 0 Å². The summed E-state index contributed by atoms with van der Waals surface area (Å²) in [4.78, 5) is 12.8. The van der Waals surface area contributed by atoms with Gasteiger partial charge in [0, 0.05) is 4.53 Å². The summed E-state index contributed by atoms with van der Waals surface area (Å²) in [5.41, 5.74) is 0. The van der Waals surface area contributed by atoms with E-state index in [2.05, 4.69) is 4.94 Å². The second kappa shape index (κ2) is 4.90. The molecule has 0 bridgehead atoms. The first-order valence-corrected chi connectivity index (χ1v) is 3.36. The highest BCUT2D eigenvalue weighted by atomic mass is 32.2. The zero-order chi connectivity index (χ0) is 6.41. The zero-order valence-electron chi connectivity index (χ0n) is 4.52. The molecule has 0 heterocycles. The molecule has 0 unspecified atom stereocenters. The smallest absolute Gasteiger partial charge is 0.254 e. The van der Waals surface area contributed by atoms with E-state index in [4.69, 9.17) is 0 Å². The molecule has 0 spiro atoms. The van der Waals surface area contributed by atoms with E-state index in [0.717, 1.165) is 5.75 Å². The normalized spacial score (nSPS) is 8.75. The van der Waals surface area contributed by atoms with Crippen LogP contribution in [0.3, 0.4) is 0 Å². The maximum atomic E-state index is 10.8. The molecule has 0 N–H and O–H groups in total. The van der Waals surface area contributed by atoms with E-state index in [1.165, 1.54) is 11.8 Å². The number of thioether (sulfide) groups is 1. The number of rotatable bonds is 3. The van der Waals surface area contributed by atoms with Crippen molar-refractivity contribution in [3.05, 3.63) is 0 Å². The number of carbonyl (C=O) groups excluding carboxylic acids is 1. The summed E-state index contributed by atoms with van der Waals surface area (Å²) < 4.78 is 10.8. The van der Waals surface area contributed by atoms with Crippen molar-refractivity contribution >= 4 is 17.7 Å². The third-order valence-corrected chi connectivity index (χ3v) is 1.36. The average Bonchev–Trinajstić information content (AvgIpc) is 1.83.